The molecule has 0 saturated carbocycles. The van der Waals surface area contributed by atoms with Gasteiger partial charge in [-0.15, -0.1) is 0 Å². The summed E-state index contributed by atoms with van der Waals surface area (Å²) in [6.07, 6.45) is 1.05. The van der Waals surface area contributed by atoms with Crippen molar-refractivity contribution < 1.29 is 9.53 Å². The summed E-state index contributed by atoms with van der Waals surface area (Å²) in [4.78, 5) is 11.7. The van der Waals surface area contributed by atoms with Gasteiger partial charge in [0.25, 0.3) is 0 Å². The summed E-state index contributed by atoms with van der Waals surface area (Å²) in [7, 11) is 1.58. The van der Waals surface area contributed by atoms with E-state index in [1.165, 1.54) is 0 Å². The largest absolute Gasteiger partial charge is 0.495 e. The number of amides is 1. The van der Waals surface area contributed by atoms with Crippen molar-refractivity contribution in [2.24, 2.45) is 5.73 Å². The number of para-hydroxylation sites is 2. The van der Waals surface area contributed by atoms with Crippen molar-refractivity contribution >= 4 is 11.6 Å². The second-order valence-electron chi connectivity index (χ2n) is 4.74. The number of benzene rings is 1. The molecule has 4 heteroatoms. The molecule has 17 heavy (non-hydrogen) atoms. The molecular formula is C13H20N2O2. The summed E-state index contributed by atoms with van der Waals surface area (Å²) in [5.41, 5.74) is 6.20. The maximum absolute atomic E-state index is 11.7. The Balaban J connectivity index is 2.56. The van der Waals surface area contributed by atoms with Gasteiger partial charge in [-0.1, -0.05) is 12.1 Å². The zero-order valence-electron chi connectivity index (χ0n) is 10.6. The second-order valence-corrected chi connectivity index (χ2v) is 4.74. The van der Waals surface area contributed by atoms with E-state index in [9.17, 15) is 4.79 Å². The molecule has 0 spiro atoms. The Morgan fingerprint density at radius 2 is 2.06 bits per heavy atom. The minimum atomic E-state index is -0.321. The first kappa shape index (κ1) is 13.5. The van der Waals surface area contributed by atoms with Crippen LogP contribution in [0.4, 0.5) is 5.69 Å². The van der Waals surface area contributed by atoms with E-state index in [0.717, 1.165) is 0 Å². The third kappa shape index (κ3) is 4.87. The van der Waals surface area contributed by atoms with Crippen LogP contribution in [0.15, 0.2) is 24.3 Å². The van der Waals surface area contributed by atoms with Crippen molar-refractivity contribution in [1.29, 1.82) is 0 Å². The summed E-state index contributed by atoms with van der Waals surface area (Å²) in [5.74, 6) is 0.612. The number of carbonyl (C=O) groups is 1. The number of carbonyl (C=O) groups excluding carboxylic acids is 1. The number of ether oxygens (including phenoxy) is 1. The lowest BCUT2D eigenvalue weighted by Crippen LogP contribution is -2.33. The van der Waals surface area contributed by atoms with Gasteiger partial charge in [-0.2, -0.15) is 0 Å². The van der Waals surface area contributed by atoms with Crippen LogP contribution >= 0.6 is 0 Å². The third-order valence-corrected chi connectivity index (χ3v) is 2.38. The van der Waals surface area contributed by atoms with Crippen molar-refractivity contribution in [3.63, 3.8) is 0 Å². The highest BCUT2D eigenvalue weighted by Crippen LogP contribution is 2.23. The minimum absolute atomic E-state index is 0.0481. The van der Waals surface area contributed by atoms with Crippen LogP contribution in [0.2, 0.25) is 0 Å². The summed E-state index contributed by atoms with van der Waals surface area (Å²) in [6.45, 7) is 3.81. The zero-order chi connectivity index (χ0) is 12.9. The summed E-state index contributed by atoms with van der Waals surface area (Å²) in [5, 5.41) is 2.81. The summed E-state index contributed by atoms with van der Waals surface area (Å²) >= 11 is 0. The van der Waals surface area contributed by atoms with E-state index in [-0.39, 0.29) is 11.4 Å². The number of rotatable bonds is 5. The Labute approximate surface area is 102 Å². The zero-order valence-corrected chi connectivity index (χ0v) is 10.6. The van der Waals surface area contributed by atoms with Gasteiger partial charge in [-0.05, 0) is 32.4 Å². The Hall–Kier alpha value is -1.55. The maximum atomic E-state index is 11.7. The molecule has 0 radical (unpaired) electrons. The van der Waals surface area contributed by atoms with Gasteiger partial charge in [-0.25, -0.2) is 0 Å². The van der Waals surface area contributed by atoms with Gasteiger partial charge in [0.15, 0.2) is 0 Å². The SMILES string of the molecule is COc1ccccc1NC(=O)CCC(C)(C)N. The van der Waals surface area contributed by atoms with Crippen LogP contribution in [0.3, 0.4) is 0 Å². The highest BCUT2D eigenvalue weighted by molar-refractivity contribution is 5.92. The molecule has 0 aliphatic rings. The number of hydrogen-bond acceptors (Lipinski definition) is 3. The Kier molecular flexibility index (Phi) is 4.52. The van der Waals surface area contributed by atoms with Crippen molar-refractivity contribution in [3.8, 4) is 5.75 Å². The molecule has 1 aromatic rings. The Morgan fingerprint density at radius 1 is 1.41 bits per heavy atom. The van der Waals surface area contributed by atoms with Crippen LogP contribution in [-0.4, -0.2) is 18.6 Å². The minimum Gasteiger partial charge on any atom is -0.495 e. The number of nitrogens with two attached hydrogens (primary N) is 1. The average molecular weight is 236 g/mol. The number of anilines is 1. The quantitative estimate of drug-likeness (QED) is 0.823. The normalized spacial score (nSPS) is 11.1. The van der Waals surface area contributed by atoms with E-state index < -0.39 is 0 Å². The van der Waals surface area contributed by atoms with Gasteiger partial charge in [0.1, 0.15) is 5.75 Å². The molecule has 0 unspecified atom stereocenters. The lowest BCUT2D eigenvalue weighted by atomic mass is 10.00. The standard InChI is InChI=1S/C13H20N2O2/c1-13(2,14)9-8-12(16)15-10-6-4-5-7-11(10)17-3/h4-7H,8-9,14H2,1-3H3,(H,15,16). The molecule has 0 aliphatic carbocycles. The van der Waals surface area contributed by atoms with Gasteiger partial charge in [0.2, 0.25) is 5.91 Å². The van der Waals surface area contributed by atoms with Crippen molar-refractivity contribution in [3.05, 3.63) is 24.3 Å². The van der Waals surface area contributed by atoms with Crippen molar-refractivity contribution in [2.45, 2.75) is 32.2 Å². The van der Waals surface area contributed by atoms with Crippen LogP contribution in [-0.2, 0) is 4.79 Å². The van der Waals surface area contributed by atoms with Gasteiger partial charge >= 0.3 is 0 Å². The first-order valence-electron chi connectivity index (χ1n) is 5.64. The van der Waals surface area contributed by atoms with E-state index in [0.29, 0.717) is 24.3 Å². The highest BCUT2D eigenvalue weighted by atomic mass is 16.5. The number of nitrogens with one attached hydrogen (secondary N) is 1. The van der Waals surface area contributed by atoms with Gasteiger partial charge in [-0.3, -0.25) is 4.79 Å². The molecule has 0 aliphatic heterocycles. The van der Waals surface area contributed by atoms with Crippen molar-refractivity contribution in [1.82, 2.24) is 0 Å². The average Bonchev–Trinajstić information content (AvgIpc) is 2.26. The van der Waals surface area contributed by atoms with Crippen LogP contribution in [0.5, 0.6) is 5.75 Å². The molecule has 1 amide bonds. The molecule has 1 rings (SSSR count). The second kappa shape index (κ2) is 5.68. The number of hydrogen-bond donors (Lipinski definition) is 2. The molecule has 94 valence electrons. The molecule has 4 nitrogen and oxygen atoms in total. The van der Waals surface area contributed by atoms with Crippen LogP contribution in [0.25, 0.3) is 0 Å². The van der Waals surface area contributed by atoms with Gasteiger partial charge in [0.05, 0.1) is 12.8 Å². The molecule has 0 heterocycles. The topological polar surface area (TPSA) is 64.3 Å². The smallest absolute Gasteiger partial charge is 0.224 e. The van der Waals surface area contributed by atoms with Crippen LogP contribution in [0.1, 0.15) is 26.7 Å². The fourth-order valence-corrected chi connectivity index (χ4v) is 1.40. The van der Waals surface area contributed by atoms with E-state index in [2.05, 4.69) is 5.32 Å². The Bertz CT molecular complexity index is 383. The predicted octanol–water partition coefficient (Wildman–Crippen LogP) is 2.15. The van der Waals surface area contributed by atoms with E-state index in [1.807, 2.05) is 38.1 Å². The molecule has 0 bridgehead atoms. The van der Waals surface area contributed by atoms with Gasteiger partial charge in [0, 0.05) is 12.0 Å². The first-order chi connectivity index (χ1) is 7.92. The fraction of sp³-hybridized carbons (Fsp3) is 0.462. The molecule has 1 aromatic carbocycles. The predicted molar refractivity (Wildman–Crippen MR) is 69.1 cm³/mol. The number of methoxy groups -OCH3 is 1. The van der Waals surface area contributed by atoms with Crippen LogP contribution < -0.4 is 15.8 Å². The summed E-state index contributed by atoms with van der Waals surface area (Å²) < 4.78 is 5.15. The van der Waals surface area contributed by atoms with Gasteiger partial charge < -0.3 is 15.8 Å². The molecule has 0 atom stereocenters. The van der Waals surface area contributed by atoms with E-state index >= 15 is 0 Å². The lowest BCUT2D eigenvalue weighted by molar-refractivity contribution is -0.116. The molecule has 0 fully saturated rings. The molecule has 3 N–H and O–H groups in total. The maximum Gasteiger partial charge on any atom is 0.224 e. The first-order valence-corrected chi connectivity index (χ1v) is 5.64. The molecule has 0 aromatic heterocycles. The van der Waals surface area contributed by atoms with E-state index in [1.54, 1.807) is 7.11 Å². The van der Waals surface area contributed by atoms with Crippen LogP contribution in [0, 0.1) is 0 Å². The molecule has 0 saturated heterocycles. The Morgan fingerprint density at radius 3 is 2.65 bits per heavy atom. The third-order valence-electron chi connectivity index (χ3n) is 2.38. The van der Waals surface area contributed by atoms with E-state index in [4.69, 9.17) is 10.5 Å². The lowest BCUT2D eigenvalue weighted by Gasteiger charge is -2.17. The fourth-order valence-electron chi connectivity index (χ4n) is 1.40. The monoisotopic (exact) mass is 236 g/mol. The highest BCUT2D eigenvalue weighted by Gasteiger charge is 2.14. The summed E-state index contributed by atoms with van der Waals surface area (Å²) in [6, 6.07) is 7.33. The molecular weight excluding hydrogens is 216 g/mol. The van der Waals surface area contributed by atoms with Crippen molar-refractivity contribution in [2.75, 3.05) is 12.4 Å².